The van der Waals surface area contributed by atoms with Crippen molar-refractivity contribution in [2.75, 3.05) is 17.2 Å². The molecular formula is C18H17N3O5S. The third-order valence-electron chi connectivity index (χ3n) is 3.30. The van der Waals surface area contributed by atoms with E-state index in [1.807, 2.05) is 6.92 Å². The molecule has 0 bridgehead atoms. The van der Waals surface area contributed by atoms with Crippen LogP contribution in [0.3, 0.4) is 0 Å². The average molecular weight is 387 g/mol. The molecule has 0 aliphatic heterocycles. The molecule has 0 fully saturated rings. The molecule has 0 radical (unpaired) electrons. The van der Waals surface area contributed by atoms with E-state index in [2.05, 4.69) is 10.6 Å². The summed E-state index contributed by atoms with van der Waals surface area (Å²) in [6, 6.07) is 13.7. The van der Waals surface area contributed by atoms with E-state index in [1.165, 1.54) is 24.3 Å². The normalized spacial score (nSPS) is 11.4. The van der Waals surface area contributed by atoms with E-state index in [1.54, 1.807) is 30.3 Å². The first-order valence-corrected chi connectivity index (χ1v) is 9.26. The van der Waals surface area contributed by atoms with Gasteiger partial charge in [-0.2, -0.15) is 13.7 Å². The molecule has 1 amide bonds. The van der Waals surface area contributed by atoms with Crippen molar-refractivity contribution in [3.63, 3.8) is 0 Å². The van der Waals surface area contributed by atoms with Crippen molar-refractivity contribution in [2.24, 2.45) is 0 Å². The number of anilines is 2. The lowest BCUT2D eigenvalue weighted by atomic mass is 10.2. The second kappa shape index (κ2) is 8.84. The van der Waals surface area contributed by atoms with E-state index in [-0.39, 0.29) is 16.2 Å². The molecule has 0 aromatic heterocycles. The van der Waals surface area contributed by atoms with Crippen LogP contribution in [-0.2, 0) is 14.9 Å². The largest absolute Gasteiger partial charge is 0.494 e. The number of rotatable bonds is 7. The van der Waals surface area contributed by atoms with Crippen LogP contribution in [-0.4, -0.2) is 25.5 Å². The summed E-state index contributed by atoms with van der Waals surface area (Å²) in [6.07, 6.45) is 1.15. The standard InChI is InChI=1S/C18H17N3O5S/c1-2-26-16-8-6-14(7-9-16)21-18(22)13(11-19)12-20-15-4-3-5-17(10-15)27(23,24)25/h3-10,12,20H,2H2,1H3,(H,21,22)(H,23,24,25)/b13-12-. The molecule has 2 rings (SSSR count). The highest BCUT2D eigenvalue weighted by molar-refractivity contribution is 7.85. The number of amides is 1. The summed E-state index contributed by atoms with van der Waals surface area (Å²) >= 11 is 0. The fraction of sp³-hybridized carbons (Fsp3) is 0.111. The molecule has 9 heteroatoms. The monoisotopic (exact) mass is 387 g/mol. The Hall–Kier alpha value is -3.35. The number of ether oxygens (including phenoxy) is 1. The Bertz CT molecular complexity index is 992. The quantitative estimate of drug-likeness (QED) is 0.378. The first kappa shape index (κ1) is 20.0. The summed E-state index contributed by atoms with van der Waals surface area (Å²) in [6.45, 7) is 2.38. The minimum Gasteiger partial charge on any atom is -0.494 e. The maximum absolute atomic E-state index is 12.2. The van der Waals surface area contributed by atoms with Gasteiger partial charge in [0, 0.05) is 17.6 Å². The summed E-state index contributed by atoms with van der Waals surface area (Å²) in [5.74, 6) is 0.0204. The second-order valence-corrected chi connectivity index (χ2v) is 6.65. The van der Waals surface area contributed by atoms with Crippen molar-refractivity contribution in [2.45, 2.75) is 11.8 Å². The van der Waals surface area contributed by atoms with Crippen molar-refractivity contribution < 1.29 is 22.5 Å². The lowest BCUT2D eigenvalue weighted by Gasteiger charge is -2.07. The summed E-state index contributed by atoms with van der Waals surface area (Å²) in [5, 5.41) is 14.4. The van der Waals surface area contributed by atoms with Gasteiger partial charge in [-0.1, -0.05) is 6.07 Å². The smallest absolute Gasteiger partial charge is 0.294 e. The van der Waals surface area contributed by atoms with E-state index in [4.69, 9.17) is 9.29 Å². The molecule has 0 heterocycles. The third-order valence-corrected chi connectivity index (χ3v) is 4.15. The van der Waals surface area contributed by atoms with Crippen molar-refractivity contribution in [3.05, 3.63) is 60.3 Å². The average Bonchev–Trinajstić information content (AvgIpc) is 2.63. The zero-order chi connectivity index (χ0) is 19.9. The lowest BCUT2D eigenvalue weighted by molar-refractivity contribution is -0.112. The molecule has 0 aliphatic rings. The highest BCUT2D eigenvalue weighted by Gasteiger charge is 2.11. The topological polar surface area (TPSA) is 129 Å². The van der Waals surface area contributed by atoms with Crippen LogP contribution >= 0.6 is 0 Å². The zero-order valence-corrected chi connectivity index (χ0v) is 15.2. The number of carbonyl (C=O) groups excluding carboxylic acids is 1. The van der Waals surface area contributed by atoms with Crippen molar-refractivity contribution >= 4 is 27.4 Å². The van der Waals surface area contributed by atoms with Gasteiger partial charge < -0.3 is 15.4 Å². The lowest BCUT2D eigenvalue weighted by Crippen LogP contribution is -2.14. The molecule has 0 saturated carbocycles. The summed E-state index contributed by atoms with van der Waals surface area (Å²) < 4.78 is 36.6. The SMILES string of the molecule is CCOc1ccc(NC(=O)/C(C#N)=C\Nc2cccc(S(=O)(=O)O)c2)cc1. The summed E-state index contributed by atoms with van der Waals surface area (Å²) in [7, 11) is -4.35. The first-order chi connectivity index (χ1) is 12.8. The van der Waals surface area contributed by atoms with Crippen molar-refractivity contribution in [1.29, 1.82) is 5.26 Å². The molecular weight excluding hydrogens is 370 g/mol. The molecule has 0 unspecified atom stereocenters. The van der Waals surface area contributed by atoms with Crippen molar-refractivity contribution in [3.8, 4) is 11.8 Å². The minimum atomic E-state index is -4.35. The third kappa shape index (κ3) is 5.85. The van der Waals surface area contributed by atoms with Crippen LogP contribution in [0.25, 0.3) is 0 Å². The maximum atomic E-state index is 12.2. The van der Waals surface area contributed by atoms with Crippen LogP contribution in [0.5, 0.6) is 5.75 Å². The van der Waals surface area contributed by atoms with Gasteiger partial charge >= 0.3 is 0 Å². The van der Waals surface area contributed by atoms with Gasteiger partial charge in [0.15, 0.2) is 0 Å². The molecule has 0 aliphatic carbocycles. The molecule has 2 aromatic rings. The van der Waals surface area contributed by atoms with Gasteiger partial charge in [0.2, 0.25) is 0 Å². The summed E-state index contributed by atoms with van der Waals surface area (Å²) in [5.41, 5.74) is 0.547. The molecule has 140 valence electrons. The highest BCUT2D eigenvalue weighted by Crippen LogP contribution is 2.17. The Morgan fingerprint density at radius 2 is 1.93 bits per heavy atom. The Labute approximate surface area is 156 Å². The Morgan fingerprint density at radius 1 is 1.22 bits per heavy atom. The second-order valence-electron chi connectivity index (χ2n) is 5.23. The van der Waals surface area contributed by atoms with E-state index in [0.717, 1.165) is 6.20 Å². The molecule has 27 heavy (non-hydrogen) atoms. The number of hydrogen-bond donors (Lipinski definition) is 3. The number of carbonyl (C=O) groups is 1. The van der Waals surface area contributed by atoms with Gasteiger partial charge in [-0.15, -0.1) is 0 Å². The van der Waals surface area contributed by atoms with E-state index in [0.29, 0.717) is 18.0 Å². The van der Waals surface area contributed by atoms with Gasteiger partial charge in [0.1, 0.15) is 17.4 Å². The number of hydrogen-bond acceptors (Lipinski definition) is 6. The highest BCUT2D eigenvalue weighted by atomic mass is 32.2. The molecule has 0 spiro atoms. The van der Waals surface area contributed by atoms with Crippen LogP contribution in [0.1, 0.15) is 6.92 Å². The molecule has 3 N–H and O–H groups in total. The number of nitriles is 1. The van der Waals surface area contributed by atoms with Crippen LogP contribution in [0.15, 0.2) is 65.2 Å². The van der Waals surface area contributed by atoms with E-state index in [9.17, 15) is 18.5 Å². The molecule has 0 atom stereocenters. The van der Waals surface area contributed by atoms with Gasteiger partial charge in [-0.3, -0.25) is 9.35 Å². The Morgan fingerprint density at radius 3 is 2.52 bits per heavy atom. The fourth-order valence-electron chi connectivity index (χ4n) is 2.05. The van der Waals surface area contributed by atoms with Crippen LogP contribution < -0.4 is 15.4 Å². The predicted molar refractivity (Wildman–Crippen MR) is 99.8 cm³/mol. The number of nitrogens with zero attached hydrogens (tertiary/aromatic N) is 1. The van der Waals surface area contributed by atoms with E-state index >= 15 is 0 Å². The summed E-state index contributed by atoms with van der Waals surface area (Å²) in [4.78, 5) is 11.9. The van der Waals surface area contributed by atoms with Gasteiger partial charge in [-0.05, 0) is 49.4 Å². The van der Waals surface area contributed by atoms with Crippen LogP contribution in [0.2, 0.25) is 0 Å². The van der Waals surface area contributed by atoms with Crippen LogP contribution in [0.4, 0.5) is 11.4 Å². The number of nitrogens with one attached hydrogen (secondary N) is 2. The van der Waals surface area contributed by atoms with Gasteiger partial charge in [0.25, 0.3) is 16.0 Å². The fourth-order valence-corrected chi connectivity index (χ4v) is 2.58. The van der Waals surface area contributed by atoms with E-state index < -0.39 is 16.0 Å². The molecule has 8 nitrogen and oxygen atoms in total. The molecule has 2 aromatic carbocycles. The minimum absolute atomic E-state index is 0.221. The zero-order valence-electron chi connectivity index (χ0n) is 14.3. The Balaban J connectivity index is 2.09. The first-order valence-electron chi connectivity index (χ1n) is 7.82. The van der Waals surface area contributed by atoms with Gasteiger partial charge in [0.05, 0.1) is 11.5 Å². The van der Waals surface area contributed by atoms with Crippen LogP contribution in [0, 0.1) is 11.3 Å². The molecule has 0 saturated heterocycles. The predicted octanol–water partition coefficient (Wildman–Crippen LogP) is 2.79. The maximum Gasteiger partial charge on any atom is 0.294 e. The van der Waals surface area contributed by atoms with Gasteiger partial charge in [-0.25, -0.2) is 0 Å². The van der Waals surface area contributed by atoms with Crippen molar-refractivity contribution in [1.82, 2.24) is 0 Å². The Kier molecular flexibility index (Phi) is 6.54. The number of benzene rings is 2.